The lowest BCUT2D eigenvalue weighted by Crippen LogP contribution is -2.51. The summed E-state index contributed by atoms with van der Waals surface area (Å²) in [6.07, 6.45) is 2.62. The van der Waals surface area contributed by atoms with Gasteiger partial charge in [0.15, 0.2) is 0 Å². The maximum Gasteiger partial charge on any atom is 0.237 e. The van der Waals surface area contributed by atoms with Crippen molar-refractivity contribution in [2.24, 2.45) is 0 Å². The van der Waals surface area contributed by atoms with Crippen molar-refractivity contribution in [1.29, 1.82) is 0 Å². The van der Waals surface area contributed by atoms with Crippen molar-refractivity contribution < 1.29 is 13.2 Å². The van der Waals surface area contributed by atoms with E-state index in [9.17, 15) is 13.2 Å². The minimum atomic E-state index is -3.18. The van der Waals surface area contributed by atoms with Crippen LogP contribution in [0.25, 0.3) is 0 Å². The highest BCUT2D eigenvalue weighted by molar-refractivity contribution is 7.88. The molecule has 1 aliphatic rings. The molecule has 0 spiro atoms. The van der Waals surface area contributed by atoms with Gasteiger partial charge in [-0.2, -0.15) is 0 Å². The van der Waals surface area contributed by atoms with Gasteiger partial charge < -0.3 is 5.32 Å². The van der Waals surface area contributed by atoms with Crippen molar-refractivity contribution in [3.05, 3.63) is 35.4 Å². The van der Waals surface area contributed by atoms with Crippen LogP contribution in [0.15, 0.2) is 24.3 Å². The van der Waals surface area contributed by atoms with Crippen molar-refractivity contribution in [2.45, 2.75) is 51.7 Å². The summed E-state index contributed by atoms with van der Waals surface area (Å²) >= 11 is 0. The van der Waals surface area contributed by atoms with Crippen molar-refractivity contribution >= 4 is 15.9 Å². The van der Waals surface area contributed by atoms with E-state index in [0.29, 0.717) is 13.1 Å². The number of hydrogen-bond acceptors (Lipinski definition) is 4. The summed E-state index contributed by atoms with van der Waals surface area (Å²) < 4.78 is 25.3. The molecule has 1 saturated heterocycles. The van der Waals surface area contributed by atoms with Gasteiger partial charge in [0.25, 0.3) is 0 Å². The Bertz CT molecular complexity index is 697. The van der Waals surface area contributed by atoms with E-state index >= 15 is 0 Å². The van der Waals surface area contributed by atoms with Crippen molar-refractivity contribution in [1.82, 2.24) is 14.9 Å². The smallest absolute Gasteiger partial charge is 0.237 e. The van der Waals surface area contributed by atoms with Crippen LogP contribution in [-0.4, -0.2) is 50.7 Å². The first-order valence-electron chi connectivity index (χ1n) is 8.74. The largest absolute Gasteiger partial charge is 0.348 e. The molecule has 2 atom stereocenters. The van der Waals surface area contributed by atoms with Crippen molar-refractivity contribution in [2.75, 3.05) is 19.3 Å². The Balaban J connectivity index is 1.87. The summed E-state index contributed by atoms with van der Waals surface area (Å²) in [5.41, 5.74) is 2.29. The van der Waals surface area contributed by atoms with Gasteiger partial charge in [-0.15, -0.1) is 0 Å². The molecule has 140 valence electrons. The summed E-state index contributed by atoms with van der Waals surface area (Å²) in [7, 11) is -3.18. The molecule has 1 heterocycles. The predicted molar refractivity (Wildman–Crippen MR) is 99.8 cm³/mol. The van der Waals surface area contributed by atoms with Crippen LogP contribution in [0.3, 0.4) is 0 Å². The molecule has 0 saturated carbocycles. The van der Waals surface area contributed by atoms with Crippen molar-refractivity contribution in [3.8, 4) is 0 Å². The highest BCUT2D eigenvalue weighted by Gasteiger charge is 2.28. The van der Waals surface area contributed by atoms with E-state index in [4.69, 9.17) is 0 Å². The van der Waals surface area contributed by atoms with Gasteiger partial charge in [0.2, 0.25) is 15.9 Å². The first-order chi connectivity index (χ1) is 11.7. The van der Waals surface area contributed by atoms with Gasteiger partial charge in [-0.1, -0.05) is 24.3 Å². The van der Waals surface area contributed by atoms with Gasteiger partial charge in [-0.3, -0.25) is 9.69 Å². The molecule has 7 heteroatoms. The number of benzene rings is 1. The lowest BCUT2D eigenvalue weighted by atomic mass is 10.0. The summed E-state index contributed by atoms with van der Waals surface area (Å²) in [6, 6.07) is 7.74. The van der Waals surface area contributed by atoms with Crippen LogP contribution in [0.2, 0.25) is 0 Å². The minimum absolute atomic E-state index is 0.00488. The number of carbonyl (C=O) groups is 1. The summed E-state index contributed by atoms with van der Waals surface area (Å²) in [4.78, 5) is 14.7. The molecule has 0 radical (unpaired) electrons. The summed E-state index contributed by atoms with van der Waals surface area (Å²) in [5.74, 6) is 0.00488. The fraction of sp³-hybridized carbons (Fsp3) is 0.611. The SMILES string of the molecule is Cc1ccccc1C(C)NC(=O)C(C)N1CCC(NS(C)(=O)=O)CC1. The third-order valence-electron chi connectivity index (χ3n) is 4.85. The van der Waals surface area contributed by atoms with E-state index in [-0.39, 0.29) is 24.0 Å². The molecule has 1 aromatic rings. The number of likely N-dealkylation sites (tertiary alicyclic amines) is 1. The van der Waals surface area contributed by atoms with Crippen LogP contribution < -0.4 is 10.0 Å². The second kappa shape index (κ2) is 8.29. The molecule has 0 aliphatic carbocycles. The number of sulfonamides is 1. The molecule has 2 unspecified atom stereocenters. The Hall–Kier alpha value is -1.44. The number of rotatable bonds is 6. The highest BCUT2D eigenvalue weighted by Crippen LogP contribution is 2.18. The Labute approximate surface area is 151 Å². The number of amides is 1. The number of carbonyl (C=O) groups excluding carboxylic acids is 1. The molecular formula is C18H29N3O3S. The van der Waals surface area contributed by atoms with E-state index in [1.165, 1.54) is 6.26 Å². The van der Waals surface area contributed by atoms with Crippen LogP contribution >= 0.6 is 0 Å². The molecule has 1 aromatic carbocycles. The van der Waals surface area contributed by atoms with Crippen molar-refractivity contribution in [3.63, 3.8) is 0 Å². The van der Waals surface area contributed by atoms with Gasteiger partial charge in [0.1, 0.15) is 0 Å². The predicted octanol–water partition coefficient (Wildman–Crippen LogP) is 1.57. The zero-order valence-corrected chi connectivity index (χ0v) is 16.3. The topological polar surface area (TPSA) is 78.5 Å². The van der Waals surface area contributed by atoms with Crippen LogP contribution in [0, 0.1) is 6.92 Å². The first-order valence-corrected chi connectivity index (χ1v) is 10.6. The number of hydrogen-bond donors (Lipinski definition) is 2. The molecule has 2 N–H and O–H groups in total. The van der Waals surface area contributed by atoms with Gasteiger partial charge in [0, 0.05) is 19.1 Å². The maximum absolute atomic E-state index is 12.6. The van der Waals surface area contributed by atoms with Crippen LogP contribution in [-0.2, 0) is 14.8 Å². The normalized spacial score (nSPS) is 19.4. The van der Waals surface area contributed by atoms with E-state index in [2.05, 4.69) is 14.9 Å². The molecule has 0 bridgehead atoms. The Morgan fingerprint density at radius 2 is 1.80 bits per heavy atom. The Kier molecular flexibility index (Phi) is 6.59. The van der Waals surface area contributed by atoms with Crippen LogP contribution in [0.4, 0.5) is 0 Å². The fourth-order valence-corrected chi connectivity index (χ4v) is 4.20. The third kappa shape index (κ3) is 5.80. The minimum Gasteiger partial charge on any atom is -0.348 e. The molecule has 1 aliphatic heterocycles. The second-order valence-corrected chi connectivity index (χ2v) is 8.74. The zero-order chi connectivity index (χ0) is 18.6. The molecule has 1 fully saturated rings. The van der Waals surface area contributed by atoms with Gasteiger partial charge in [-0.05, 0) is 44.7 Å². The zero-order valence-electron chi connectivity index (χ0n) is 15.5. The van der Waals surface area contributed by atoms with Gasteiger partial charge >= 0.3 is 0 Å². The fourth-order valence-electron chi connectivity index (χ4n) is 3.36. The average molecular weight is 368 g/mol. The number of nitrogens with one attached hydrogen (secondary N) is 2. The summed E-state index contributed by atoms with van der Waals surface area (Å²) in [6.45, 7) is 7.36. The van der Waals surface area contributed by atoms with Crippen LogP contribution in [0.5, 0.6) is 0 Å². The molecule has 25 heavy (non-hydrogen) atoms. The number of aryl methyl sites for hydroxylation is 1. The standard InChI is InChI=1S/C18H29N3O3S/c1-13-7-5-6-8-17(13)14(2)19-18(22)15(3)21-11-9-16(10-12-21)20-25(4,23)24/h5-8,14-16,20H,9-12H2,1-4H3,(H,19,22). The summed E-state index contributed by atoms with van der Waals surface area (Å²) in [5, 5.41) is 3.09. The molecule has 6 nitrogen and oxygen atoms in total. The maximum atomic E-state index is 12.6. The third-order valence-corrected chi connectivity index (χ3v) is 5.61. The van der Waals surface area contributed by atoms with E-state index < -0.39 is 10.0 Å². The average Bonchev–Trinajstić information content (AvgIpc) is 2.53. The molecule has 1 amide bonds. The lowest BCUT2D eigenvalue weighted by molar-refractivity contribution is -0.127. The van der Waals surface area contributed by atoms with E-state index in [1.807, 2.05) is 45.0 Å². The quantitative estimate of drug-likeness (QED) is 0.800. The molecule has 0 aromatic heterocycles. The highest BCUT2D eigenvalue weighted by atomic mass is 32.2. The van der Waals surface area contributed by atoms with Gasteiger partial charge in [-0.25, -0.2) is 13.1 Å². The monoisotopic (exact) mass is 367 g/mol. The number of nitrogens with zero attached hydrogens (tertiary/aromatic N) is 1. The first kappa shape index (κ1) is 19.9. The lowest BCUT2D eigenvalue weighted by Gasteiger charge is -2.35. The number of piperidine rings is 1. The second-order valence-electron chi connectivity index (χ2n) is 6.96. The molecular weight excluding hydrogens is 338 g/mol. The Morgan fingerprint density at radius 1 is 1.20 bits per heavy atom. The van der Waals surface area contributed by atoms with Gasteiger partial charge in [0.05, 0.1) is 18.3 Å². The van der Waals surface area contributed by atoms with E-state index in [0.717, 1.165) is 24.0 Å². The van der Waals surface area contributed by atoms with Crippen LogP contribution in [0.1, 0.15) is 43.9 Å². The Morgan fingerprint density at radius 3 is 2.36 bits per heavy atom. The molecule has 2 rings (SSSR count). The van der Waals surface area contributed by atoms with E-state index in [1.54, 1.807) is 0 Å².